The van der Waals surface area contributed by atoms with E-state index in [2.05, 4.69) is 5.32 Å². The molecule has 0 saturated carbocycles. The van der Waals surface area contributed by atoms with E-state index in [1.54, 1.807) is 24.3 Å². The van der Waals surface area contributed by atoms with Crippen molar-refractivity contribution >= 4 is 22.4 Å². The van der Waals surface area contributed by atoms with E-state index < -0.39 is 16.7 Å². The lowest BCUT2D eigenvalue weighted by Crippen LogP contribution is -2.28. The summed E-state index contributed by atoms with van der Waals surface area (Å²) in [6.07, 6.45) is 0. The van der Waals surface area contributed by atoms with E-state index in [4.69, 9.17) is 11.0 Å². The standard InChI is InChI=1S/C11H13N3O2S/c1-8-6-9(2-3-10(8)13)17(16)7-11(15)14-5-4-12/h2-3,6H,5,7,13H2,1H3,(H,14,15). The Morgan fingerprint density at radius 3 is 2.88 bits per heavy atom. The summed E-state index contributed by atoms with van der Waals surface area (Å²) in [6, 6.07) is 6.78. The minimum atomic E-state index is -1.41. The molecule has 3 N–H and O–H groups in total. The Kier molecular flexibility index (Phi) is 4.67. The molecule has 0 fully saturated rings. The molecule has 0 aliphatic rings. The van der Waals surface area contributed by atoms with Gasteiger partial charge in [-0.05, 0) is 30.7 Å². The number of hydrogen-bond acceptors (Lipinski definition) is 4. The number of benzene rings is 1. The third-order valence-electron chi connectivity index (χ3n) is 2.13. The highest BCUT2D eigenvalue weighted by molar-refractivity contribution is 7.85. The van der Waals surface area contributed by atoms with Crippen molar-refractivity contribution in [3.63, 3.8) is 0 Å². The maximum atomic E-state index is 11.8. The third kappa shape index (κ3) is 3.89. The van der Waals surface area contributed by atoms with Crippen LogP contribution in [0, 0.1) is 18.3 Å². The lowest BCUT2D eigenvalue weighted by Gasteiger charge is -2.05. The van der Waals surface area contributed by atoms with Crippen LogP contribution in [0.2, 0.25) is 0 Å². The van der Waals surface area contributed by atoms with Gasteiger partial charge < -0.3 is 11.1 Å². The highest BCUT2D eigenvalue weighted by Gasteiger charge is 2.10. The predicted molar refractivity (Wildman–Crippen MR) is 65.5 cm³/mol. The van der Waals surface area contributed by atoms with Crippen molar-refractivity contribution in [3.05, 3.63) is 23.8 Å². The molecular formula is C11H13N3O2S. The maximum absolute atomic E-state index is 11.8. The zero-order valence-electron chi connectivity index (χ0n) is 9.40. The lowest BCUT2D eigenvalue weighted by molar-refractivity contribution is -0.118. The Labute approximate surface area is 102 Å². The topological polar surface area (TPSA) is 96.0 Å². The van der Waals surface area contributed by atoms with Gasteiger partial charge in [-0.2, -0.15) is 5.26 Å². The summed E-state index contributed by atoms with van der Waals surface area (Å²) in [5.74, 6) is -0.551. The van der Waals surface area contributed by atoms with Crippen LogP contribution in [0.25, 0.3) is 0 Å². The average Bonchev–Trinajstić information content (AvgIpc) is 2.30. The number of nitrogens with one attached hydrogen (secondary N) is 1. The second-order valence-corrected chi connectivity index (χ2v) is 4.89. The van der Waals surface area contributed by atoms with Crippen LogP contribution in [-0.4, -0.2) is 22.4 Å². The van der Waals surface area contributed by atoms with E-state index in [0.717, 1.165) is 5.56 Å². The fourth-order valence-corrected chi connectivity index (χ4v) is 2.22. The highest BCUT2D eigenvalue weighted by atomic mass is 32.2. The number of aryl methyl sites for hydroxylation is 1. The number of carbonyl (C=O) groups excluding carboxylic acids is 1. The Bertz CT molecular complexity index is 494. The quantitative estimate of drug-likeness (QED) is 0.595. The molecule has 1 aromatic carbocycles. The van der Waals surface area contributed by atoms with Crippen molar-refractivity contribution in [1.82, 2.24) is 5.32 Å². The van der Waals surface area contributed by atoms with Crippen LogP contribution >= 0.6 is 0 Å². The molecule has 0 radical (unpaired) electrons. The molecule has 1 aromatic rings. The number of nitrogens with two attached hydrogens (primary N) is 1. The van der Waals surface area contributed by atoms with Crippen LogP contribution in [0.4, 0.5) is 5.69 Å². The number of nitrogens with zero attached hydrogens (tertiary/aromatic N) is 1. The number of nitriles is 1. The number of carbonyl (C=O) groups is 1. The van der Waals surface area contributed by atoms with Crippen molar-refractivity contribution in [2.75, 3.05) is 18.0 Å². The maximum Gasteiger partial charge on any atom is 0.233 e. The second-order valence-electron chi connectivity index (χ2n) is 3.44. The van der Waals surface area contributed by atoms with Gasteiger partial charge in [-0.25, -0.2) is 0 Å². The van der Waals surface area contributed by atoms with Gasteiger partial charge in [-0.15, -0.1) is 0 Å². The fourth-order valence-electron chi connectivity index (χ4n) is 1.18. The SMILES string of the molecule is Cc1cc(S(=O)CC(=O)NCC#N)ccc1N. The summed E-state index contributed by atoms with van der Waals surface area (Å²) in [6.45, 7) is 1.74. The van der Waals surface area contributed by atoms with Gasteiger partial charge in [-0.3, -0.25) is 9.00 Å². The van der Waals surface area contributed by atoms with Crippen molar-refractivity contribution in [1.29, 1.82) is 5.26 Å². The summed E-state index contributed by atoms with van der Waals surface area (Å²) in [5.41, 5.74) is 7.09. The molecule has 0 aliphatic heterocycles. The van der Waals surface area contributed by atoms with E-state index in [0.29, 0.717) is 10.6 Å². The summed E-state index contributed by atoms with van der Waals surface area (Å²) in [5, 5.41) is 10.6. The van der Waals surface area contributed by atoms with Crippen molar-refractivity contribution in [2.45, 2.75) is 11.8 Å². The molecule has 1 unspecified atom stereocenters. The molecule has 0 aliphatic carbocycles. The first-order valence-electron chi connectivity index (χ1n) is 4.92. The Morgan fingerprint density at radius 2 is 2.29 bits per heavy atom. The molecule has 90 valence electrons. The molecule has 0 heterocycles. The van der Waals surface area contributed by atoms with Gasteiger partial charge in [0, 0.05) is 10.6 Å². The number of anilines is 1. The highest BCUT2D eigenvalue weighted by Crippen LogP contribution is 2.15. The van der Waals surface area contributed by atoms with Gasteiger partial charge in [-0.1, -0.05) is 0 Å². The van der Waals surface area contributed by atoms with Gasteiger partial charge in [0.2, 0.25) is 5.91 Å². The summed E-state index contributed by atoms with van der Waals surface area (Å²) in [4.78, 5) is 11.8. The first-order chi connectivity index (χ1) is 8.04. The molecule has 1 amide bonds. The van der Waals surface area contributed by atoms with E-state index >= 15 is 0 Å². The molecule has 0 spiro atoms. The monoisotopic (exact) mass is 251 g/mol. The number of hydrogen-bond donors (Lipinski definition) is 2. The molecule has 6 heteroatoms. The average molecular weight is 251 g/mol. The van der Waals surface area contributed by atoms with Gasteiger partial charge in [0.05, 0.1) is 16.9 Å². The van der Waals surface area contributed by atoms with Crippen LogP contribution < -0.4 is 11.1 Å². The van der Waals surface area contributed by atoms with Crippen LogP contribution in [-0.2, 0) is 15.6 Å². The molecule has 17 heavy (non-hydrogen) atoms. The molecular weight excluding hydrogens is 238 g/mol. The molecule has 0 saturated heterocycles. The largest absolute Gasteiger partial charge is 0.399 e. The summed E-state index contributed by atoms with van der Waals surface area (Å²) in [7, 11) is -1.41. The number of nitrogen functional groups attached to an aromatic ring is 1. The zero-order valence-corrected chi connectivity index (χ0v) is 10.2. The van der Waals surface area contributed by atoms with Gasteiger partial charge in [0.25, 0.3) is 0 Å². The van der Waals surface area contributed by atoms with Crippen molar-refractivity contribution in [3.8, 4) is 6.07 Å². The molecule has 5 nitrogen and oxygen atoms in total. The van der Waals surface area contributed by atoms with E-state index in [1.165, 1.54) is 0 Å². The van der Waals surface area contributed by atoms with Gasteiger partial charge in [0.1, 0.15) is 12.3 Å². The van der Waals surface area contributed by atoms with Crippen LogP contribution in [0.15, 0.2) is 23.1 Å². The fraction of sp³-hybridized carbons (Fsp3) is 0.273. The van der Waals surface area contributed by atoms with E-state index in [-0.39, 0.29) is 12.3 Å². The lowest BCUT2D eigenvalue weighted by atomic mass is 10.2. The van der Waals surface area contributed by atoms with Crippen molar-refractivity contribution < 1.29 is 9.00 Å². The van der Waals surface area contributed by atoms with E-state index in [9.17, 15) is 9.00 Å². The predicted octanol–water partition coefficient (Wildman–Crippen LogP) is 0.325. The minimum absolute atomic E-state index is 0.0726. The normalized spacial score (nSPS) is 11.5. The van der Waals surface area contributed by atoms with Crippen LogP contribution in [0.5, 0.6) is 0 Å². The number of rotatable bonds is 4. The van der Waals surface area contributed by atoms with Crippen LogP contribution in [0.1, 0.15) is 5.56 Å². The second kappa shape index (κ2) is 6.01. The molecule has 1 atom stereocenters. The van der Waals surface area contributed by atoms with Crippen molar-refractivity contribution in [2.24, 2.45) is 0 Å². The summed E-state index contributed by atoms with van der Waals surface area (Å²) >= 11 is 0. The van der Waals surface area contributed by atoms with E-state index in [1.807, 2.05) is 6.92 Å². The molecule has 0 bridgehead atoms. The molecule has 0 aromatic heterocycles. The Morgan fingerprint density at radius 1 is 1.59 bits per heavy atom. The first kappa shape index (κ1) is 13.2. The smallest absolute Gasteiger partial charge is 0.233 e. The Hall–Kier alpha value is -1.87. The molecule has 1 rings (SSSR count). The van der Waals surface area contributed by atoms with Gasteiger partial charge >= 0.3 is 0 Å². The van der Waals surface area contributed by atoms with Gasteiger partial charge in [0.15, 0.2) is 0 Å². The van der Waals surface area contributed by atoms with Crippen LogP contribution in [0.3, 0.4) is 0 Å². The number of amides is 1. The summed E-state index contributed by atoms with van der Waals surface area (Å²) < 4.78 is 11.8. The zero-order chi connectivity index (χ0) is 12.8. The minimum Gasteiger partial charge on any atom is -0.399 e. The third-order valence-corrected chi connectivity index (χ3v) is 3.44. The Balaban J connectivity index is 2.67. The first-order valence-corrected chi connectivity index (χ1v) is 6.24.